The van der Waals surface area contributed by atoms with Crippen molar-refractivity contribution in [2.24, 2.45) is 0 Å². The summed E-state index contributed by atoms with van der Waals surface area (Å²) in [5, 5.41) is 42.0. The second-order valence-corrected chi connectivity index (χ2v) is 8.89. The lowest BCUT2D eigenvalue weighted by molar-refractivity contribution is -0.251. The molecule has 1 heterocycles. The summed E-state index contributed by atoms with van der Waals surface area (Å²) in [5.74, 6) is -3.63. The lowest BCUT2D eigenvalue weighted by Gasteiger charge is -2.37. The van der Waals surface area contributed by atoms with Gasteiger partial charge in [0.15, 0.2) is 6.10 Å². The van der Waals surface area contributed by atoms with Gasteiger partial charge in [0, 0.05) is 6.42 Å². The van der Waals surface area contributed by atoms with Crippen molar-refractivity contribution in [2.75, 3.05) is 6.61 Å². The molecule has 202 valence electrons. The average molecular weight is 553 g/mol. The number of hydrogen-bond donors (Lipinski definition) is 7. The Kier molecular flexibility index (Phi) is 11.1. The molecule has 1 amide bonds. The van der Waals surface area contributed by atoms with E-state index in [-0.39, 0.29) is 12.7 Å². The van der Waals surface area contributed by atoms with Gasteiger partial charge in [0.1, 0.15) is 36.7 Å². The molecule has 0 aromatic carbocycles. The first-order valence-electron chi connectivity index (χ1n) is 9.32. The number of rotatable bonds is 14. The van der Waals surface area contributed by atoms with Crippen molar-refractivity contribution >= 4 is 39.0 Å². The predicted octanol–water partition coefficient (Wildman–Crippen LogP) is -4.12. The Bertz CT molecular complexity index is 1010. The molecule has 0 fully saturated rings. The monoisotopic (exact) mass is 553 g/mol. The molecule has 35 heavy (non-hydrogen) atoms. The zero-order chi connectivity index (χ0) is 27.1. The second-order valence-electron chi connectivity index (χ2n) is 6.76. The lowest BCUT2D eigenvalue weighted by atomic mass is 10.0. The quantitative estimate of drug-likeness (QED) is 0.0793. The van der Waals surface area contributed by atoms with Crippen molar-refractivity contribution in [3.8, 4) is 0 Å². The zero-order valence-electron chi connectivity index (χ0n) is 17.6. The fraction of sp³-hybridized carbons (Fsp3) is 0.667. The largest absolute Gasteiger partial charge is 0.475 e. The lowest BCUT2D eigenvalue weighted by Crippen LogP contribution is -2.58. The summed E-state index contributed by atoms with van der Waals surface area (Å²) in [6.45, 7) is 0.0230. The van der Waals surface area contributed by atoms with Gasteiger partial charge in [0.2, 0.25) is 18.0 Å². The highest BCUT2D eigenvalue weighted by atomic mass is 32.3. The van der Waals surface area contributed by atoms with Crippen LogP contribution in [0.5, 0.6) is 0 Å². The first-order chi connectivity index (χ1) is 16.0. The number of aldehydes is 1. The third-order valence-corrected chi connectivity index (χ3v) is 5.07. The van der Waals surface area contributed by atoms with Crippen molar-refractivity contribution in [3.05, 3.63) is 11.8 Å². The summed E-state index contributed by atoms with van der Waals surface area (Å²) < 4.78 is 79.7. The van der Waals surface area contributed by atoms with Gasteiger partial charge in [-0.05, 0) is 6.08 Å². The first kappa shape index (κ1) is 30.8. The van der Waals surface area contributed by atoms with Crippen LogP contribution in [0.15, 0.2) is 11.8 Å². The van der Waals surface area contributed by atoms with Gasteiger partial charge in [-0.2, -0.15) is 16.8 Å². The minimum Gasteiger partial charge on any atom is -0.475 e. The number of carboxylic acid groups (broad SMARTS) is 1. The van der Waals surface area contributed by atoms with Crippen molar-refractivity contribution in [1.82, 2.24) is 5.32 Å². The summed E-state index contributed by atoms with van der Waals surface area (Å²) in [6.07, 6.45) is -13.4. The molecule has 0 bridgehead atoms. The summed E-state index contributed by atoms with van der Waals surface area (Å²) in [6, 6.07) is -1.85. The van der Waals surface area contributed by atoms with E-state index in [0.29, 0.717) is 6.08 Å². The molecule has 0 unspecified atom stereocenters. The Morgan fingerprint density at radius 1 is 1.20 bits per heavy atom. The Labute approximate surface area is 197 Å². The molecule has 0 aromatic heterocycles. The molecule has 0 spiro atoms. The van der Waals surface area contributed by atoms with E-state index in [1.165, 1.54) is 6.92 Å². The van der Waals surface area contributed by atoms with Gasteiger partial charge in [-0.15, -0.1) is 0 Å². The molecule has 18 nitrogen and oxygen atoms in total. The summed E-state index contributed by atoms with van der Waals surface area (Å²) >= 11 is 0. The third-order valence-electron chi connectivity index (χ3n) is 4.17. The number of carbonyl (C=O) groups excluding carboxylic acids is 2. The van der Waals surface area contributed by atoms with Crippen molar-refractivity contribution in [3.63, 3.8) is 0 Å². The molecule has 20 heteroatoms. The number of nitrogens with one attached hydrogen (secondary N) is 1. The Hall–Kier alpha value is -2.27. The van der Waals surface area contributed by atoms with Crippen LogP contribution in [0.3, 0.4) is 0 Å². The fourth-order valence-electron chi connectivity index (χ4n) is 2.61. The van der Waals surface area contributed by atoms with Crippen molar-refractivity contribution in [2.45, 2.75) is 56.2 Å². The molecule has 7 atom stereocenters. The van der Waals surface area contributed by atoms with E-state index in [1.807, 2.05) is 5.32 Å². The summed E-state index contributed by atoms with van der Waals surface area (Å²) in [5.41, 5.74) is 0. The van der Waals surface area contributed by atoms with Crippen LogP contribution in [0.4, 0.5) is 0 Å². The molecule has 1 rings (SSSR count). The van der Waals surface area contributed by atoms with E-state index >= 15 is 0 Å². The number of ether oxygens (including phenoxy) is 2. The minimum atomic E-state index is -5.35. The van der Waals surface area contributed by atoms with Gasteiger partial charge in [0.25, 0.3) is 0 Å². The van der Waals surface area contributed by atoms with E-state index in [0.717, 1.165) is 0 Å². The van der Waals surface area contributed by atoms with Crippen LogP contribution in [-0.2, 0) is 53.0 Å². The highest BCUT2D eigenvalue weighted by molar-refractivity contribution is 7.81. The molecule has 0 aromatic rings. The van der Waals surface area contributed by atoms with Gasteiger partial charge < -0.3 is 40.0 Å². The molecule has 0 saturated heterocycles. The van der Waals surface area contributed by atoms with Gasteiger partial charge in [-0.25, -0.2) is 13.2 Å². The van der Waals surface area contributed by atoms with Gasteiger partial charge in [-0.3, -0.25) is 13.9 Å². The maximum absolute atomic E-state index is 11.6. The number of amides is 1. The molecular weight excluding hydrogens is 530 g/mol. The van der Waals surface area contributed by atoms with Gasteiger partial charge >= 0.3 is 26.8 Å². The van der Waals surface area contributed by atoms with Crippen LogP contribution in [0.1, 0.15) is 13.3 Å². The van der Waals surface area contributed by atoms with E-state index in [9.17, 15) is 46.5 Å². The second kappa shape index (κ2) is 12.6. The number of aliphatic carboxylic acids is 1. The van der Waals surface area contributed by atoms with E-state index < -0.39 is 87.9 Å². The van der Waals surface area contributed by atoms with Crippen LogP contribution in [0.25, 0.3) is 0 Å². The van der Waals surface area contributed by atoms with Crippen LogP contribution < -0.4 is 5.32 Å². The van der Waals surface area contributed by atoms with Gasteiger partial charge in [0.05, 0.1) is 6.61 Å². The number of carboxylic acids is 1. The molecule has 0 aliphatic carbocycles. The molecule has 1 aliphatic rings. The Morgan fingerprint density at radius 2 is 1.80 bits per heavy atom. The van der Waals surface area contributed by atoms with Crippen LogP contribution in [0.2, 0.25) is 0 Å². The van der Waals surface area contributed by atoms with Crippen molar-refractivity contribution < 1.29 is 78.6 Å². The molecule has 1 aliphatic heterocycles. The molecule has 0 saturated carbocycles. The highest BCUT2D eigenvalue weighted by Crippen LogP contribution is 2.26. The van der Waals surface area contributed by atoms with E-state index in [1.54, 1.807) is 0 Å². The smallest absolute Gasteiger partial charge is 0.397 e. The normalized spacial score (nSPS) is 24.3. The van der Waals surface area contributed by atoms with Gasteiger partial charge in [-0.1, -0.05) is 6.92 Å². The number of carbonyl (C=O) groups is 3. The SMILES string of the molecule is CCC(=O)N[C@H](C=O)[C@H](O)[C@H](O[C@@H]1OC(C(=O)O)=C[C@H](O)[C@H]1OS(=O)(=O)O)[C@@H](O)COS(=O)(=O)O. The number of hydrogen-bond acceptors (Lipinski definition) is 14. The highest BCUT2D eigenvalue weighted by Gasteiger charge is 2.45. The predicted molar refractivity (Wildman–Crippen MR) is 106 cm³/mol. The fourth-order valence-corrected chi connectivity index (χ4v) is 3.41. The van der Waals surface area contributed by atoms with E-state index in [4.69, 9.17) is 23.7 Å². The zero-order valence-corrected chi connectivity index (χ0v) is 19.2. The molecular formula is C15H23NO17S2. The maximum Gasteiger partial charge on any atom is 0.397 e. The van der Waals surface area contributed by atoms with Crippen LogP contribution in [-0.4, -0.2) is 114 Å². The topological polar surface area (TPSA) is 290 Å². The first-order valence-corrected chi connectivity index (χ1v) is 12.1. The molecule has 0 radical (unpaired) electrons. The van der Waals surface area contributed by atoms with Crippen molar-refractivity contribution in [1.29, 1.82) is 0 Å². The maximum atomic E-state index is 11.6. The Morgan fingerprint density at radius 3 is 2.26 bits per heavy atom. The average Bonchev–Trinajstić information content (AvgIpc) is 2.73. The number of aliphatic hydroxyl groups excluding tert-OH is 3. The molecule has 7 N–H and O–H groups in total. The standard InChI is InChI=1S/C15H23NO17S2/c1-2-10(20)16-6(4-17)11(21)12(8(19)5-30-34(24,25)26)32-15-13(33-35(27,28)29)7(18)3-9(31-15)14(22)23/h3-4,6-8,11-13,15,18-19,21H,2,5H2,1H3,(H,16,20)(H,22,23)(H,24,25,26)(H,27,28,29)/t6-,7+,8+,11+,12-,13-,15+/m1/s1. The summed E-state index contributed by atoms with van der Waals surface area (Å²) in [7, 11) is -10.5. The minimum absolute atomic E-state index is 0.0176. The number of aliphatic hydroxyl groups is 3. The third kappa shape index (κ3) is 10.1. The summed E-state index contributed by atoms with van der Waals surface area (Å²) in [4.78, 5) is 34.3. The van der Waals surface area contributed by atoms with Crippen LogP contribution in [0, 0.1) is 0 Å². The van der Waals surface area contributed by atoms with E-state index in [2.05, 4.69) is 8.37 Å². The Balaban J connectivity index is 3.39. The van der Waals surface area contributed by atoms with Crippen LogP contribution >= 0.6 is 0 Å².